The lowest BCUT2D eigenvalue weighted by Gasteiger charge is -2.33. The molecule has 0 radical (unpaired) electrons. The normalized spacial score (nSPS) is 20.2. The van der Waals surface area contributed by atoms with Crippen LogP contribution in [-0.4, -0.2) is 42.7 Å². The summed E-state index contributed by atoms with van der Waals surface area (Å²) in [6.45, 7) is 1.06. The summed E-state index contributed by atoms with van der Waals surface area (Å²) in [6.07, 6.45) is 7.88. The molecule has 1 atom stereocenters. The number of benzene rings is 1. The SMILES string of the molecule is N=C/C(Br)=C1/N=C(C2CCCN(S(=O)(=O)c3c(Cl)cc(Cl)cc3Cl)C2)C=C(NCc2cccnc2)N1. The summed E-state index contributed by atoms with van der Waals surface area (Å²) < 4.78 is 28.8. The third kappa shape index (κ3) is 6.12. The minimum absolute atomic E-state index is 0.0178. The Bertz CT molecular complexity index is 1340. The molecule has 1 fully saturated rings. The van der Waals surface area contributed by atoms with Crippen molar-refractivity contribution in [2.75, 3.05) is 13.1 Å². The topological polar surface area (TPSA) is 111 Å². The summed E-state index contributed by atoms with van der Waals surface area (Å²) in [4.78, 5) is 8.66. The molecule has 1 unspecified atom stereocenters. The van der Waals surface area contributed by atoms with Crippen LogP contribution in [0.25, 0.3) is 0 Å². The van der Waals surface area contributed by atoms with Gasteiger partial charge in [-0.25, -0.2) is 13.4 Å². The lowest BCUT2D eigenvalue weighted by atomic mass is 9.93. The Hall–Kier alpha value is -1.95. The zero-order valence-corrected chi connectivity index (χ0v) is 23.5. The molecule has 2 aliphatic rings. The molecule has 190 valence electrons. The quantitative estimate of drug-likeness (QED) is 0.358. The summed E-state index contributed by atoms with van der Waals surface area (Å²) in [5.41, 5.74) is 1.69. The lowest BCUT2D eigenvalue weighted by Crippen LogP contribution is -2.43. The number of hydrogen-bond donors (Lipinski definition) is 3. The molecule has 13 heteroatoms. The van der Waals surface area contributed by atoms with Gasteiger partial charge in [-0.3, -0.25) is 4.98 Å². The number of aliphatic imine (C=N–C) groups is 1. The highest BCUT2D eigenvalue weighted by Crippen LogP contribution is 2.36. The van der Waals surface area contributed by atoms with Crippen LogP contribution in [0, 0.1) is 11.3 Å². The summed E-state index contributed by atoms with van der Waals surface area (Å²) in [5.74, 6) is 0.957. The van der Waals surface area contributed by atoms with Gasteiger partial charge in [0.15, 0.2) is 0 Å². The van der Waals surface area contributed by atoms with E-state index in [0.717, 1.165) is 18.2 Å². The second-order valence-electron chi connectivity index (χ2n) is 8.18. The number of hydrogen-bond acceptors (Lipinski definition) is 7. The van der Waals surface area contributed by atoms with Crippen LogP contribution >= 0.6 is 50.7 Å². The molecule has 2 aromatic rings. The molecule has 36 heavy (non-hydrogen) atoms. The molecule has 0 spiro atoms. The number of allylic oxidation sites excluding steroid dienone is 2. The molecule has 4 rings (SSSR count). The van der Waals surface area contributed by atoms with E-state index >= 15 is 0 Å². The number of pyridine rings is 1. The molecule has 1 aromatic heterocycles. The number of aromatic nitrogens is 1. The predicted molar refractivity (Wildman–Crippen MR) is 147 cm³/mol. The lowest BCUT2D eigenvalue weighted by molar-refractivity contribution is 0.312. The van der Waals surface area contributed by atoms with Gasteiger partial charge in [0.05, 0.1) is 20.2 Å². The van der Waals surface area contributed by atoms with Crippen LogP contribution in [0.5, 0.6) is 0 Å². The van der Waals surface area contributed by atoms with E-state index in [9.17, 15) is 8.42 Å². The number of halogens is 4. The standard InChI is InChI=1S/C23H22BrCl3N6O2S/c24-17(10-28)23-31-20(9-21(32-23)30-12-14-3-1-5-29-11-14)15-4-2-6-33(13-15)36(34,35)22-18(26)7-16(25)8-19(22)27/h1,3,5,7-11,15,28,30,32H,2,4,6,12-13H2/b23-17+,28-10?. The molecule has 0 bridgehead atoms. The Morgan fingerprint density at radius 1 is 1.31 bits per heavy atom. The van der Waals surface area contributed by atoms with E-state index < -0.39 is 10.0 Å². The predicted octanol–water partition coefficient (Wildman–Crippen LogP) is 5.33. The largest absolute Gasteiger partial charge is 0.367 e. The van der Waals surface area contributed by atoms with Crippen molar-refractivity contribution in [2.24, 2.45) is 10.9 Å². The van der Waals surface area contributed by atoms with E-state index in [2.05, 4.69) is 36.5 Å². The van der Waals surface area contributed by atoms with Crippen LogP contribution in [-0.2, 0) is 16.6 Å². The van der Waals surface area contributed by atoms with Gasteiger partial charge in [0, 0.05) is 55.3 Å². The van der Waals surface area contributed by atoms with Crippen LogP contribution in [0.2, 0.25) is 15.1 Å². The Balaban J connectivity index is 1.61. The molecule has 8 nitrogen and oxygen atoms in total. The average molecular weight is 633 g/mol. The number of rotatable bonds is 7. The number of nitrogens with one attached hydrogen (secondary N) is 3. The fraction of sp³-hybridized carbons (Fsp3) is 0.261. The van der Waals surface area contributed by atoms with Crippen molar-refractivity contribution in [2.45, 2.75) is 24.3 Å². The number of sulfonamides is 1. The maximum Gasteiger partial charge on any atom is 0.246 e. The Morgan fingerprint density at radius 2 is 2.06 bits per heavy atom. The van der Waals surface area contributed by atoms with Gasteiger partial charge in [-0.1, -0.05) is 40.9 Å². The molecule has 0 saturated carbocycles. The number of piperidine rings is 1. The molecule has 3 heterocycles. The van der Waals surface area contributed by atoms with Crippen molar-refractivity contribution in [3.8, 4) is 0 Å². The summed E-state index contributed by atoms with van der Waals surface area (Å²) in [5, 5.41) is 14.3. The highest BCUT2D eigenvalue weighted by Gasteiger charge is 2.35. The summed E-state index contributed by atoms with van der Waals surface area (Å²) in [7, 11) is -3.97. The molecular formula is C23H22BrCl3N6O2S. The molecule has 0 amide bonds. The van der Waals surface area contributed by atoms with Crippen molar-refractivity contribution in [3.63, 3.8) is 0 Å². The van der Waals surface area contributed by atoms with Crippen LogP contribution in [0.3, 0.4) is 0 Å². The van der Waals surface area contributed by atoms with E-state index in [1.807, 2.05) is 18.2 Å². The van der Waals surface area contributed by atoms with Gasteiger partial charge < -0.3 is 16.0 Å². The molecule has 3 N–H and O–H groups in total. The first-order chi connectivity index (χ1) is 17.2. The van der Waals surface area contributed by atoms with Crippen LogP contribution < -0.4 is 10.6 Å². The second kappa shape index (κ2) is 11.6. The summed E-state index contributed by atoms with van der Waals surface area (Å²) in [6, 6.07) is 6.56. The Morgan fingerprint density at radius 3 is 2.72 bits per heavy atom. The first-order valence-corrected chi connectivity index (χ1v) is 14.3. The molecule has 2 aliphatic heterocycles. The van der Waals surface area contributed by atoms with E-state index in [1.54, 1.807) is 12.4 Å². The third-order valence-corrected chi connectivity index (χ3v) is 9.32. The average Bonchev–Trinajstić information content (AvgIpc) is 2.86. The van der Waals surface area contributed by atoms with Crippen molar-refractivity contribution < 1.29 is 8.42 Å². The molecule has 0 aliphatic carbocycles. The van der Waals surface area contributed by atoms with Gasteiger partial charge in [0.25, 0.3) is 0 Å². The van der Waals surface area contributed by atoms with E-state index in [-0.39, 0.29) is 32.4 Å². The van der Waals surface area contributed by atoms with Gasteiger partial charge in [-0.05, 0) is 52.5 Å². The van der Waals surface area contributed by atoms with Crippen LogP contribution in [0.15, 0.2) is 68.7 Å². The van der Waals surface area contributed by atoms with Gasteiger partial charge in [-0.15, -0.1) is 0 Å². The fourth-order valence-electron chi connectivity index (χ4n) is 3.99. The van der Waals surface area contributed by atoms with Crippen molar-refractivity contribution >= 4 is 72.7 Å². The molecular weight excluding hydrogens is 611 g/mol. The molecule has 1 aromatic carbocycles. The maximum atomic E-state index is 13.5. The highest BCUT2D eigenvalue weighted by molar-refractivity contribution is 9.12. The van der Waals surface area contributed by atoms with Gasteiger partial charge in [0.2, 0.25) is 10.0 Å². The second-order valence-corrected chi connectivity index (χ2v) is 12.2. The van der Waals surface area contributed by atoms with Gasteiger partial charge in [0.1, 0.15) is 16.5 Å². The first-order valence-electron chi connectivity index (χ1n) is 10.9. The minimum atomic E-state index is -3.97. The third-order valence-electron chi connectivity index (χ3n) is 5.71. The smallest absolute Gasteiger partial charge is 0.246 e. The molecule has 1 saturated heterocycles. The van der Waals surface area contributed by atoms with Crippen LogP contribution in [0.4, 0.5) is 0 Å². The monoisotopic (exact) mass is 630 g/mol. The minimum Gasteiger partial charge on any atom is -0.367 e. The van der Waals surface area contributed by atoms with Crippen molar-refractivity contribution in [3.05, 3.63) is 79.5 Å². The van der Waals surface area contributed by atoms with E-state index in [0.29, 0.717) is 41.3 Å². The first kappa shape index (κ1) is 27.1. The zero-order chi connectivity index (χ0) is 25.9. The fourth-order valence-corrected chi connectivity index (χ4v) is 7.20. The number of nitrogens with zero attached hydrogens (tertiary/aromatic N) is 3. The maximum absolute atomic E-state index is 13.5. The Kier molecular flexibility index (Phi) is 8.75. The van der Waals surface area contributed by atoms with Crippen molar-refractivity contribution in [1.29, 1.82) is 5.41 Å². The van der Waals surface area contributed by atoms with Crippen molar-refractivity contribution in [1.82, 2.24) is 19.9 Å². The van der Waals surface area contributed by atoms with E-state index in [4.69, 9.17) is 40.2 Å². The van der Waals surface area contributed by atoms with Crippen LogP contribution in [0.1, 0.15) is 18.4 Å². The van der Waals surface area contributed by atoms with E-state index in [1.165, 1.54) is 16.4 Å². The summed E-state index contributed by atoms with van der Waals surface area (Å²) >= 11 is 21.8. The highest BCUT2D eigenvalue weighted by atomic mass is 79.9. The Labute approximate surface area is 233 Å². The van der Waals surface area contributed by atoms with Gasteiger partial charge in [-0.2, -0.15) is 4.31 Å². The zero-order valence-electron chi connectivity index (χ0n) is 18.8. The van der Waals surface area contributed by atoms with Gasteiger partial charge >= 0.3 is 0 Å².